The summed E-state index contributed by atoms with van der Waals surface area (Å²) < 4.78 is 5.74. The molecule has 22 heavy (non-hydrogen) atoms. The molecule has 5 heteroatoms. The lowest BCUT2D eigenvalue weighted by atomic mass is 10.1. The lowest BCUT2D eigenvalue weighted by molar-refractivity contribution is -0.122. The van der Waals surface area contributed by atoms with Crippen molar-refractivity contribution in [3.8, 4) is 5.75 Å². The van der Waals surface area contributed by atoms with Gasteiger partial charge in [-0.25, -0.2) is 0 Å². The zero-order valence-electron chi connectivity index (χ0n) is 12.6. The van der Waals surface area contributed by atoms with Crippen LogP contribution >= 0.6 is 23.2 Å². The van der Waals surface area contributed by atoms with Crippen molar-refractivity contribution in [2.24, 2.45) is 0 Å². The molecule has 1 unspecified atom stereocenters. The summed E-state index contributed by atoms with van der Waals surface area (Å²) in [5.41, 5.74) is 2.57. The Hall–Kier alpha value is -1.71. The third-order valence-corrected chi connectivity index (χ3v) is 3.75. The summed E-state index contributed by atoms with van der Waals surface area (Å²) in [6.45, 7) is 5.61. The molecule has 0 bridgehead atoms. The molecule has 0 aliphatic carbocycles. The van der Waals surface area contributed by atoms with Crippen LogP contribution in [0.15, 0.2) is 36.4 Å². The highest BCUT2D eigenvalue weighted by Crippen LogP contribution is 2.26. The van der Waals surface area contributed by atoms with E-state index in [1.165, 1.54) is 0 Å². The summed E-state index contributed by atoms with van der Waals surface area (Å²) in [4.78, 5) is 12.2. The molecule has 0 saturated carbocycles. The van der Waals surface area contributed by atoms with Gasteiger partial charge in [-0.2, -0.15) is 0 Å². The second-order valence-corrected chi connectivity index (χ2v) is 5.99. The Kier molecular flexibility index (Phi) is 5.33. The van der Waals surface area contributed by atoms with Gasteiger partial charge in [-0.1, -0.05) is 35.3 Å². The van der Waals surface area contributed by atoms with Gasteiger partial charge >= 0.3 is 0 Å². The first kappa shape index (κ1) is 16.7. The van der Waals surface area contributed by atoms with Crippen LogP contribution in [0.1, 0.15) is 18.1 Å². The molecule has 2 rings (SSSR count). The van der Waals surface area contributed by atoms with Gasteiger partial charge in [0.05, 0.1) is 10.7 Å². The molecule has 3 nitrogen and oxygen atoms in total. The summed E-state index contributed by atoms with van der Waals surface area (Å²) in [6.07, 6.45) is -0.646. The van der Waals surface area contributed by atoms with Gasteiger partial charge in [0, 0.05) is 5.02 Å². The molecule has 116 valence electrons. The van der Waals surface area contributed by atoms with E-state index in [-0.39, 0.29) is 5.91 Å². The Morgan fingerprint density at radius 1 is 1.14 bits per heavy atom. The van der Waals surface area contributed by atoms with Crippen LogP contribution in [0.4, 0.5) is 5.69 Å². The summed E-state index contributed by atoms with van der Waals surface area (Å²) in [5, 5.41) is 3.64. The van der Waals surface area contributed by atoms with Crippen LogP contribution in [0.5, 0.6) is 5.75 Å². The number of nitrogens with one attached hydrogen (secondary N) is 1. The molecule has 2 aromatic carbocycles. The fourth-order valence-corrected chi connectivity index (χ4v) is 2.36. The molecule has 0 heterocycles. The van der Waals surface area contributed by atoms with Gasteiger partial charge < -0.3 is 10.1 Å². The number of aryl methyl sites for hydroxylation is 2. The third-order valence-electron chi connectivity index (χ3n) is 3.21. The monoisotopic (exact) mass is 337 g/mol. The first-order chi connectivity index (χ1) is 10.4. The van der Waals surface area contributed by atoms with E-state index in [9.17, 15) is 4.79 Å². The van der Waals surface area contributed by atoms with Crippen molar-refractivity contribution in [1.82, 2.24) is 0 Å². The van der Waals surface area contributed by atoms with Gasteiger partial charge in [-0.05, 0) is 56.2 Å². The summed E-state index contributed by atoms with van der Waals surface area (Å²) in [7, 11) is 0. The van der Waals surface area contributed by atoms with E-state index in [1.54, 1.807) is 25.1 Å². The Labute approximate surface area is 140 Å². The van der Waals surface area contributed by atoms with Gasteiger partial charge in [0.2, 0.25) is 0 Å². The summed E-state index contributed by atoms with van der Waals surface area (Å²) >= 11 is 11.9. The fraction of sp³-hybridized carbons (Fsp3) is 0.235. The number of hydrogen-bond acceptors (Lipinski definition) is 2. The highest BCUT2D eigenvalue weighted by atomic mass is 35.5. The zero-order valence-corrected chi connectivity index (χ0v) is 14.1. The topological polar surface area (TPSA) is 38.3 Å². The first-order valence-electron chi connectivity index (χ1n) is 6.86. The van der Waals surface area contributed by atoms with Crippen molar-refractivity contribution in [3.63, 3.8) is 0 Å². The molecule has 2 aromatic rings. The van der Waals surface area contributed by atoms with E-state index in [0.717, 1.165) is 11.1 Å². The molecule has 0 aliphatic rings. The minimum absolute atomic E-state index is 0.273. The Morgan fingerprint density at radius 3 is 2.55 bits per heavy atom. The number of amides is 1. The molecule has 0 radical (unpaired) electrons. The average molecular weight is 338 g/mol. The minimum Gasteiger partial charge on any atom is -0.481 e. The van der Waals surface area contributed by atoms with Crippen molar-refractivity contribution in [1.29, 1.82) is 0 Å². The van der Waals surface area contributed by atoms with Crippen LogP contribution in [0.3, 0.4) is 0 Å². The van der Waals surface area contributed by atoms with Crippen LogP contribution in [0, 0.1) is 13.8 Å². The minimum atomic E-state index is -0.646. The lowest BCUT2D eigenvalue weighted by Gasteiger charge is -2.17. The summed E-state index contributed by atoms with van der Waals surface area (Å²) in [6, 6.07) is 10.8. The van der Waals surface area contributed by atoms with E-state index in [0.29, 0.717) is 21.5 Å². The number of rotatable bonds is 4. The maximum atomic E-state index is 12.2. The number of anilines is 1. The zero-order chi connectivity index (χ0) is 16.3. The Balaban J connectivity index is 2.07. The van der Waals surface area contributed by atoms with Crippen LogP contribution in [-0.4, -0.2) is 12.0 Å². The van der Waals surface area contributed by atoms with Crippen molar-refractivity contribution >= 4 is 34.8 Å². The maximum Gasteiger partial charge on any atom is 0.265 e. The number of halogens is 2. The van der Waals surface area contributed by atoms with E-state index in [4.69, 9.17) is 27.9 Å². The molecular weight excluding hydrogens is 321 g/mol. The van der Waals surface area contributed by atoms with E-state index in [2.05, 4.69) is 5.32 Å². The lowest BCUT2D eigenvalue weighted by Crippen LogP contribution is -2.30. The number of ether oxygens (including phenoxy) is 1. The van der Waals surface area contributed by atoms with Gasteiger partial charge in [0.25, 0.3) is 5.91 Å². The normalized spacial score (nSPS) is 11.9. The molecule has 0 saturated heterocycles. The van der Waals surface area contributed by atoms with Gasteiger partial charge in [0.15, 0.2) is 6.10 Å². The fourth-order valence-electron chi connectivity index (χ4n) is 1.90. The Bertz CT molecular complexity index is 701. The number of carbonyl (C=O) groups excluding carboxylic acids is 1. The summed E-state index contributed by atoms with van der Waals surface area (Å²) in [5.74, 6) is 0.426. The van der Waals surface area contributed by atoms with E-state index in [1.807, 2.05) is 32.0 Å². The van der Waals surface area contributed by atoms with E-state index >= 15 is 0 Å². The first-order valence-corrected chi connectivity index (χ1v) is 7.62. The molecular formula is C17H17Cl2NO2. The van der Waals surface area contributed by atoms with Gasteiger partial charge in [-0.3, -0.25) is 4.79 Å². The molecule has 0 fully saturated rings. The number of hydrogen-bond donors (Lipinski definition) is 1. The maximum absolute atomic E-state index is 12.2. The van der Waals surface area contributed by atoms with Crippen molar-refractivity contribution < 1.29 is 9.53 Å². The van der Waals surface area contributed by atoms with E-state index < -0.39 is 6.10 Å². The number of benzene rings is 2. The standard InChI is InChI=1S/C17H17Cl2NO2/c1-10-4-5-11(2)16(8-10)22-12(3)17(21)20-15-7-6-13(18)9-14(15)19/h4-9,12H,1-3H3,(H,20,21). The quantitative estimate of drug-likeness (QED) is 0.850. The van der Waals surface area contributed by atoms with Gasteiger partial charge in [0.1, 0.15) is 5.75 Å². The predicted molar refractivity (Wildman–Crippen MR) is 91.1 cm³/mol. The largest absolute Gasteiger partial charge is 0.481 e. The van der Waals surface area contributed by atoms with Crippen LogP contribution in [0.2, 0.25) is 10.0 Å². The Morgan fingerprint density at radius 2 is 1.86 bits per heavy atom. The highest BCUT2D eigenvalue weighted by Gasteiger charge is 2.17. The van der Waals surface area contributed by atoms with Crippen LogP contribution in [-0.2, 0) is 4.79 Å². The second-order valence-electron chi connectivity index (χ2n) is 5.14. The molecule has 1 amide bonds. The molecule has 0 spiro atoms. The molecule has 0 aliphatic heterocycles. The smallest absolute Gasteiger partial charge is 0.265 e. The SMILES string of the molecule is Cc1ccc(C)c(OC(C)C(=O)Nc2ccc(Cl)cc2Cl)c1. The van der Waals surface area contributed by atoms with Crippen molar-refractivity contribution in [2.75, 3.05) is 5.32 Å². The average Bonchev–Trinajstić information content (AvgIpc) is 2.45. The number of carbonyl (C=O) groups is 1. The second kappa shape index (κ2) is 7.03. The predicted octanol–water partition coefficient (Wildman–Crippen LogP) is 5.02. The van der Waals surface area contributed by atoms with Crippen LogP contribution < -0.4 is 10.1 Å². The third kappa shape index (κ3) is 4.15. The molecule has 1 atom stereocenters. The highest BCUT2D eigenvalue weighted by molar-refractivity contribution is 6.36. The molecule has 1 N–H and O–H groups in total. The molecule has 0 aromatic heterocycles. The van der Waals surface area contributed by atoms with Crippen LogP contribution in [0.25, 0.3) is 0 Å². The van der Waals surface area contributed by atoms with Crippen molar-refractivity contribution in [2.45, 2.75) is 26.9 Å². The van der Waals surface area contributed by atoms with Crippen molar-refractivity contribution in [3.05, 3.63) is 57.6 Å². The van der Waals surface area contributed by atoms with Gasteiger partial charge in [-0.15, -0.1) is 0 Å².